The van der Waals surface area contributed by atoms with Crippen molar-refractivity contribution in [3.8, 4) is 0 Å². The first-order chi connectivity index (χ1) is 9.41. The molecule has 1 aliphatic heterocycles. The normalized spacial score (nSPS) is 23.8. The molecule has 110 valence electrons. The maximum absolute atomic E-state index is 13.0. The van der Waals surface area contributed by atoms with E-state index in [0.717, 1.165) is 12.7 Å². The van der Waals surface area contributed by atoms with Crippen LogP contribution in [0.1, 0.15) is 5.56 Å². The van der Waals surface area contributed by atoms with Crippen LogP contribution in [-0.2, 0) is 16.1 Å². The van der Waals surface area contributed by atoms with Gasteiger partial charge in [0.25, 0.3) is 0 Å². The van der Waals surface area contributed by atoms with Crippen LogP contribution in [0.3, 0.4) is 0 Å². The molecule has 1 heterocycles. The molecule has 0 aromatic heterocycles. The van der Waals surface area contributed by atoms with E-state index in [0.29, 0.717) is 6.54 Å². The third-order valence-electron chi connectivity index (χ3n) is 3.57. The lowest BCUT2D eigenvalue weighted by Crippen LogP contribution is -2.34. The Morgan fingerprint density at radius 3 is 2.50 bits per heavy atom. The number of halogens is 3. The molecule has 3 nitrogen and oxygen atoms in total. The Morgan fingerprint density at radius 2 is 1.95 bits per heavy atom. The number of carbonyl (C=O) groups excluding carboxylic acids is 1. The van der Waals surface area contributed by atoms with E-state index in [1.165, 1.54) is 0 Å². The molecular formula is C14H16F3NO2. The van der Waals surface area contributed by atoms with Gasteiger partial charge in [0.05, 0.1) is 18.9 Å². The second kappa shape index (κ2) is 5.83. The summed E-state index contributed by atoms with van der Waals surface area (Å²) in [5, 5.41) is 0. The maximum Gasteiger partial charge on any atom is 0.393 e. The summed E-state index contributed by atoms with van der Waals surface area (Å²) in [5.41, 5.74) is 0.930. The molecule has 0 radical (unpaired) electrons. The summed E-state index contributed by atoms with van der Waals surface area (Å²) in [6.45, 7) is 0.310. The minimum Gasteiger partial charge on any atom is -0.469 e. The van der Waals surface area contributed by atoms with Crippen molar-refractivity contribution in [2.24, 2.45) is 11.8 Å². The molecule has 0 amide bonds. The first-order valence-electron chi connectivity index (χ1n) is 6.32. The van der Waals surface area contributed by atoms with Crippen molar-refractivity contribution in [2.45, 2.75) is 12.7 Å². The summed E-state index contributed by atoms with van der Waals surface area (Å²) in [6, 6.07) is 9.24. The molecule has 1 saturated heterocycles. The number of likely N-dealkylation sites (tertiary alicyclic amines) is 1. The molecule has 0 spiro atoms. The quantitative estimate of drug-likeness (QED) is 0.800. The van der Waals surface area contributed by atoms with Crippen LogP contribution in [0.5, 0.6) is 0 Å². The fourth-order valence-electron chi connectivity index (χ4n) is 2.58. The molecular weight excluding hydrogens is 271 g/mol. The summed E-state index contributed by atoms with van der Waals surface area (Å²) < 4.78 is 43.4. The molecule has 0 unspecified atom stereocenters. The minimum absolute atomic E-state index is 0.0751. The summed E-state index contributed by atoms with van der Waals surface area (Å²) in [7, 11) is 1.12. The lowest BCUT2D eigenvalue weighted by Gasteiger charge is -2.19. The van der Waals surface area contributed by atoms with Crippen LogP contribution >= 0.6 is 0 Å². The van der Waals surface area contributed by atoms with Crippen LogP contribution in [0.4, 0.5) is 13.2 Å². The van der Waals surface area contributed by atoms with Crippen LogP contribution < -0.4 is 0 Å². The molecule has 1 aliphatic rings. The van der Waals surface area contributed by atoms with E-state index in [1.54, 1.807) is 4.90 Å². The SMILES string of the molecule is COC(=O)[C@H]1CN(Cc2ccccc2)C[C@@H]1C(F)(F)F. The van der Waals surface area contributed by atoms with Crippen LogP contribution in [0.15, 0.2) is 30.3 Å². The Kier molecular flexibility index (Phi) is 4.32. The van der Waals surface area contributed by atoms with Crippen molar-refractivity contribution >= 4 is 5.97 Å². The van der Waals surface area contributed by atoms with E-state index in [4.69, 9.17) is 0 Å². The number of ether oxygens (including phenoxy) is 1. The molecule has 2 atom stereocenters. The summed E-state index contributed by atoms with van der Waals surface area (Å²) in [5.74, 6) is -3.58. The Balaban J connectivity index is 2.09. The number of hydrogen-bond acceptors (Lipinski definition) is 3. The second-order valence-electron chi connectivity index (χ2n) is 4.96. The number of esters is 1. The number of hydrogen-bond donors (Lipinski definition) is 0. The predicted octanol–water partition coefficient (Wildman–Crippen LogP) is 2.47. The van der Waals surface area contributed by atoms with E-state index < -0.39 is 24.0 Å². The van der Waals surface area contributed by atoms with E-state index in [-0.39, 0.29) is 13.1 Å². The average molecular weight is 287 g/mol. The van der Waals surface area contributed by atoms with E-state index in [2.05, 4.69) is 4.74 Å². The van der Waals surface area contributed by atoms with E-state index >= 15 is 0 Å². The average Bonchev–Trinajstić information content (AvgIpc) is 2.83. The van der Waals surface area contributed by atoms with Crippen molar-refractivity contribution in [3.63, 3.8) is 0 Å². The topological polar surface area (TPSA) is 29.5 Å². The van der Waals surface area contributed by atoms with Crippen LogP contribution in [0.2, 0.25) is 0 Å². The van der Waals surface area contributed by atoms with Gasteiger partial charge < -0.3 is 4.74 Å². The standard InChI is InChI=1S/C14H16F3NO2/c1-20-13(19)11-8-18(9-12(11)14(15,16)17)7-10-5-3-2-4-6-10/h2-6,11-12H,7-9H2,1H3/t11-,12-/m0/s1. The largest absolute Gasteiger partial charge is 0.469 e. The van der Waals surface area contributed by atoms with Gasteiger partial charge in [-0.1, -0.05) is 30.3 Å². The second-order valence-corrected chi connectivity index (χ2v) is 4.96. The molecule has 2 rings (SSSR count). The van der Waals surface area contributed by atoms with E-state index in [1.807, 2.05) is 30.3 Å². The van der Waals surface area contributed by atoms with Crippen molar-refractivity contribution < 1.29 is 22.7 Å². The van der Waals surface area contributed by atoms with Gasteiger partial charge in [-0.3, -0.25) is 9.69 Å². The Hall–Kier alpha value is -1.56. The zero-order valence-corrected chi connectivity index (χ0v) is 11.1. The fraction of sp³-hybridized carbons (Fsp3) is 0.500. The third kappa shape index (κ3) is 3.30. The Labute approximate surface area is 115 Å². The van der Waals surface area contributed by atoms with Gasteiger partial charge in [0, 0.05) is 19.6 Å². The van der Waals surface area contributed by atoms with Gasteiger partial charge in [0.2, 0.25) is 0 Å². The molecule has 1 aromatic carbocycles. The van der Waals surface area contributed by atoms with Gasteiger partial charge in [0.1, 0.15) is 0 Å². The number of benzene rings is 1. The zero-order chi connectivity index (χ0) is 14.8. The predicted molar refractivity (Wildman–Crippen MR) is 66.8 cm³/mol. The minimum atomic E-state index is -4.38. The number of carbonyl (C=O) groups is 1. The van der Waals surface area contributed by atoms with Gasteiger partial charge >= 0.3 is 12.1 Å². The highest BCUT2D eigenvalue weighted by atomic mass is 19.4. The molecule has 0 aliphatic carbocycles. The first kappa shape index (κ1) is 14.8. The molecule has 20 heavy (non-hydrogen) atoms. The van der Waals surface area contributed by atoms with Gasteiger partial charge in [-0.15, -0.1) is 0 Å². The van der Waals surface area contributed by atoms with Crippen LogP contribution in [-0.4, -0.2) is 37.2 Å². The molecule has 1 fully saturated rings. The lowest BCUT2D eigenvalue weighted by atomic mass is 9.96. The van der Waals surface area contributed by atoms with Crippen molar-refractivity contribution in [3.05, 3.63) is 35.9 Å². The Morgan fingerprint density at radius 1 is 1.30 bits per heavy atom. The maximum atomic E-state index is 13.0. The van der Waals surface area contributed by atoms with Gasteiger partial charge in [0.15, 0.2) is 0 Å². The molecule has 0 N–H and O–H groups in total. The lowest BCUT2D eigenvalue weighted by molar-refractivity contribution is -0.189. The summed E-state index contributed by atoms with van der Waals surface area (Å²) in [6.07, 6.45) is -4.38. The summed E-state index contributed by atoms with van der Waals surface area (Å²) in [4.78, 5) is 13.2. The zero-order valence-electron chi connectivity index (χ0n) is 11.1. The van der Waals surface area contributed by atoms with Crippen molar-refractivity contribution in [1.82, 2.24) is 4.90 Å². The van der Waals surface area contributed by atoms with E-state index in [9.17, 15) is 18.0 Å². The fourth-order valence-corrected chi connectivity index (χ4v) is 2.58. The van der Waals surface area contributed by atoms with Crippen molar-refractivity contribution in [2.75, 3.05) is 20.2 Å². The first-order valence-corrected chi connectivity index (χ1v) is 6.32. The number of alkyl halides is 3. The molecule has 0 bridgehead atoms. The smallest absolute Gasteiger partial charge is 0.393 e. The highest BCUT2D eigenvalue weighted by Crippen LogP contribution is 2.38. The van der Waals surface area contributed by atoms with Crippen LogP contribution in [0, 0.1) is 11.8 Å². The number of methoxy groups -OCH3 is 1. The van der Waals surface area contributed by atoms with Gasteiger partial charge in [-0.2, -0.15) is 13.2 Å². The van der Waals surface area contributed by atoms with Crippen molar-refractivity contribution in [1.29, 1.82) is 0 Å². The molecule has 0 saturated carbocycles. The highest BCUT2D eigenvalue weighted by molar-refractivity contribution is 5.73. The van der Waals surface area contributed by atoms with Crippen LogP contribution in [0.25, 0.3) is 0 Å². The third-order valence-corrected chi connectivity index (χ3v) is 3.57. The van der Waals surface area contributed by atoms with Gasteiger partial charge in [-0.25, -0.2) is 0 Å². The Bertz CT molecular complexity index is 461. The highest BCUT2D eigenvalue weighted by Gasteiger charge is 2.52. The molecule has 6 heteroatoms. The monoisotopic (exact) mass is 287 g/mol. The number of nitrogens with zero attached hydrogens (tertiary/aromatic N) is 1. The summed E-state index contributed by atoms with van der Waals surface area (Å²) >= 11 is 0. The van der Waals surface area contributed by atoms with Gasteiger partial charge in [-0.05, 0) is 5.56 Å². The molecule has 1 aromatic rings. The number of rotatable bonds is 3.